The van der Waals surface area contributed by atoms with Crippen LogP contribution >= 0.6 is 0 Å². The molecule has 0 bridgehead atoms. The Kier molecular flexibility index (Phi) is 5.31. The SMILES string of the molecule is COC(C(CCc1cnn(C)c1)NN)C(C)(C)C. The minimum absolute atomic E-state index is 0.0563. The van der Waals surface area contributed by atoms with Gasteiger partial charge in [-0.2, -0.15) is 5.10 Å². The van der Waals surface area contributed by atoms with Crippen LogP contribution in [-0.4, -0.2) is 29.0 Å². The number of methoxy groups -OCH3 is 1. The number of hydrogen-bond acceptors (Lipinski definition) is 4. The van der Waals surface area contributed by atoms with Gasteiger partial charge in [-0.15, -0.1) is 0 Å². The topological polar surface area (TPSA) is 65.1 Å². The minimum atomic E-state index is 0.0563. The van der Waals surface area contributed by atoms with Gasteiger partial charge in [0.25, 0.3) is 0 Å². The van der Waals surface area contributed by atoms with E-state index in [0.29, 0.717) is 0 Å². The van der Waals surface area contributed by atoms with E-state index in [4.69, 9.17) is 10.6 Å². The van der Waals surface area contributed by atoms with Crippen LogP contribution in [0.25, 0.3) is 0 Å². The molecule has 0 saturated carbocycles. The van der Waals surface area contributed by atoms with Gasteiger partial charge in [0.05, 0.1) is 12.3 Å². The van der Waals surface area contributed by atoms with E-state index in [9.17, 15) is 0 Å². The summed E-state index contributed by atoms with van der Waals surface area (Å²) in [4.78, 5) is 0. The van der Waals surface area contributed by atoms with Crippen molar-refractivity contribution in [3.05, 3.63) is 18.0 Å². The fourth-order valence-corrected chi connectivity index (χ4v) is 2.37. The van der Waals surface area contributed by atoms with Crippen LogP contribution < -0.4 is 11.3 Å². The van der Waals surface area contributed by atoms with Crippen LogP contribution in [0.5, 0.6) is 0 Å². The summed E-state index contributed by atoms with van der Waals surface area (Å²) in [5.41, 5.74) is 4.16. The van der Waals surface area contributed by atoms with Crippen molar-refractivity contribution in [2.24, 2.45) is 18.3 Å². The normalized spacial score (nSPS) is 15.7. The Morgan fingerprint density at radius 3 is 2.56 bits per heavy atom. The number of aromatic nitrogens is 2. The zero-order valence-corrected chi connectivity index (χ0v) is 12.1. The maximum Gasteiger partial charge on any atom is 0.0785 e. The summed E-state index contributed by atoms with van der Waals surface area (Å²) >= 11 is 0. The molecule has 0 radical (unpaired) electrons. The summed E-state index contributed by atoms with van der Waals surface area (Å²) < 4.78 is 7.42. The molecule has 0 aliphatic carbocycles. The summed E-state index contributed by atoms with van der Waals surface area (Å²) in [5, 5.41) is 4.17. The molecule has 0 aliphatic rings. The van der Waals surface area contributed by atoms with Gasteiger partial charge >= 0.3 is 0 Å². The number of aryl methyl sites for hydroxylation is 2. The first-order valence-corrected chi connectivity index (χ1v) is 6.35. The summed E-state index contributed by atoms with van der Waals surface area (Å²) in [6.45, 7) is 6.49. The lowest BCUT2D eigenvalue weighted by Crippen LogP contribution is -2.50. The van der Waals surface area contributed by atoms with Gasteiger partial charge in [0, 0.05) is 26.4 Å². The maximum absolute atomic E-state index is 5.66. The van der Waals surface area contributed by atoms with Crippen molar-refractivity contribution in [3.63, 3.8) is 0 Å². The highest BCUT2D eigenvalue weighted by Gasteiger charge is 2.31. The van der Waals surface area contributed by atoms with E-state index < -0.39 is 0 Å². The predicted molar refractivity (Wildman–Crippen MR) is 72.9 cm³/mol. The molecule has 0 amide bonds. The largest absolute Gasteiger partial charge is 0.379 e. The molecule has 5 nitrogen and oxygen atoms in total. The molecular weight excluding hydrogens is 228 g/mol. The third kappa shape index (κ3) is 4.08. The van der Waals surface area contributed by atoms with Crippen LogP contribution in [0.3, 0.4) is 0 Å². The van der Waals surface area contributed by atoms with E-state index in [1.165, 1.54) is 5.56 Å². The molecule has 0 aromatic carbocycles. The fraction of sp³-hybridized carbons (Fsp3) is 0.769. The number of rotatable bonds is 6. The standard InChI is InChI=1S/C13H26N4O/c1-13(2,3)12(18-5)11(16-14)7-6-10-8-15-17(4)9-10/h8-9,11-12,16H,6-7,14H2,1-5H3. The van der Waals surface area contributed by atoms with Crippen LogP contribution in [0.2, 0.25) is 0 Å². The van der Waals surface area contributed by atoms with Crippen molar-refractivity contribution >= 4 is 0 Å². The van der Waals surface area contributed by atoms with E-state index in [2.05, 4.69) is 31.3 Å². The highest BCUT2D eigenvalue weighted by Crippen LogP contribution is 2.26. The van der Waals surface area contributed by atoms with E-state index in [1.54, 1.807) is 7.11 Å². The molecule has 3 N–H and O–H groups in total. The van der Waals surface area contributed by atoms with Gasteiger partial charge in [-0.05, 0) is 23.8 Å². The van der Waals surface area contributed by atoms with E-state index in [0.717, 1.165) is 12.8 Å². The molecule has 0 spiro atoms. The molecule has 104 valence electrons. The Balaban J connectivity index is 2.61. The third-order valence-corrected chi connectivity index (χ3v) is 3.19. The first-order valence-electron chi connectivity index (χ1n) is 6.35. The molecule has 2 unspecified atom stereocenters. The van der Waals surface area contributed by atoms with Gasteiger partial charge in [0.2, 0.25) is 0 Å². The monoisotopic (exact) mass is 254 g/mol. The zero-order valence-electron chi connectivity index (χ0n) is 12.1. The van der Waals surface area contributed by atoms with Crippen molar-refractivity contribution in [3.8, 4) is 0 Å². The van der Waals surface area contributed by atoms with Crippen molar-refractivity contribution in [2.45, 2.75) is 45.8 Å². The lowest BCUT2D eigenvalue weighted by Gasteiger charge is -2.35. The molecule has 18 heavy (non-hydrogen) atoms. The number of hydrogen-bond donors (Lipinski definition) is 2. The lowest BCUT2D eigenvalue weighted by atomic mass is 9.83. The Bertz CT molecular complexity index is 356. The van der Waals surface area contributed by atoms with Gasteiger partial charge in [0.1, 0.15) is 0 Å². The molecule has 1 rings (SSSR count). The Hall–Kier alpha value is -0.910. The first kappa shape index (κ1) is 15.1. The Labute approximate surface area is 110 Å². The zero-order chi connectivity index (χ0) is 13.8. The molecular formula is C13H26N4O. The van der Waals surface area contributed by atoms with Gasteiger partial charge < -0.3 is 4.74 Å². The highest BCUT2D eigenvalue weighted by molar-refractivity contribution is 5.04. The summed E-state index contributed by atoms with van der Waals surface area (Å²) in [5.74, 6) is 5.66. The number of hydrazine groups is 1. The van der Waals surface area contributed by atoms with Crippen LogP contribution in [0.4, 0.5) is 0 Å². The molecule has 1 aromatic heterocycles. The number of nitrogens with one attached hydrogen (secondary N) is 1. The smallest absolute Gasteiger partial charge is 0.0785 e. The predicted octanol–water partition coefficient (Wildman–Crippen LogP) is 1.25. The Morgan fingerprint density at radius 1 is 1.50 bits per heavy atom. The maximum atomic E-state index is 5.66. The molecule has 0 aliphatic heterocycles. The van der Waals surface area contributed by atoms with Crippen molar-refractivity contribution in [2.75, 3.05) is 7.11 Å². The molecule has 0 saturated heterocycles. The molecule has 5 heteroatoms. The highest BCUT2D eigenvalue weighted by atomic mass is 16.5. The number of ether oxygens (including phenoxy) is 1. The van der Waals surface area contributed by atoms with Gasteiger partial charge in [-0.25, -0.2) is 0 Å². The van der Waals surface area contributed by atoms with Gasteiger partial charge in [0.15, 0.2) is 0 Å². The third-order valence-electron chi connectivity index (χ3n) is 3.19. The second kappa shape index (κ2) is 6.31. The average molecular weight is 254 g/mol. The number of nitrogens with zero attached hydrogens (tertiary/aromatic N) is 2. The fourth-order valence-electron chi connectivity index (χ4n) is 2.37. The molecule has 2 atom stereocenters. The molecule has 1 heterocycles. The lowest BCUT2D eigenvalue weighted by molar-refractivity contribution is -0.0131. The van der Waals surface area contributed by atoms with Crippen LogP contribution in [0.15, 0.2) is 12.4 Å². The van der Waals surface area contributed by atoms with E-state index in [-0.39, 0.29) is 17.6 Å². The van der Waals surface area contributed by atoms with Crippen molar-refractivity contribution < 1.29 is 4.74 Å². The second-order valence-electron chi connectivity index (χ2n) is 5.86. The van der Waals surface area contributed by atoms with Gasteiger partial charge in [-0.3, -0.25) is 16.0 Å². The van der Waals surface area contributed by atoms with Gasteiger partial charge in [-0.1, -0.05) is 20.8 Å². The van der Waals surface area contributed by atoms with E-state index >= 15 is 0 Å². The summed E-state index contributed by atoms with van der Waals surface area (Å²) in [6.07, 6.45) is 5.88. The quantitative estimate of drug-likeness (QED) is 0.592. The van der Waals surface area contributed by atoms with Crippen molar-refractivity contribution in [1.82, 2.24) is 15.2 Å². The summed E-state index contributed by atoms with van der Waals surface area (Å²) in [7, 11) is 3.67. The molecule has 0 fully saturated rings. The van der Waals surface area contributed by atoms with E-state index in [1.807, 2.05) is 24.1 Å². The summed E-state index contributed by atoms with van der Waals surface area (Å²) in [6, 6.07) is 0.134. The number of nitrogens with two attached hydrogens (primary N) is 1. The second-order valence-corrected chi connectivity index (χ2v) is 5.86. The van der Waals surface area contributed by atoms with Crippen molar-refractivity contribution in [1.29, 1.82) is 0 Å². The average Bonchev–Trinajstić information content (AvgIpc) is 2.68. The minimum Gasteiger partial charge on any atom is -0.379 e. The van der Waals surface area contributed by atoms with Crippen LogP contribution in [-0.2, 0) is 18.2 Å². The molecule has 1 aromatic rings. The first-order chi connectivity index (χ1) is 8.38. The Morgan fingerprint density at radius 2 is 2.17 bits per heavy atom. The van der Waals surface area contributed by atoms with Crippen LogP contribution in [0, 0.1) is 5.41 Å². The van der Waals surface area contributed by atoms with Crippen LogP contribution in [0.1, 0.15) is 32.8 Å².